The maximum Gasteiger partial charge on any atom is 0.171 e. The first-order valence-electron chi connectivity index (χ1n) is 7.22. The fraction of sp³-hybridized carbons (Fsp3) is 1.00. The number of ether oxygens (including phenoxy) is 3. The van der Waals surface area contributed by atoms with Gasteiger partial charge in [-0.2, -0.15) is 0 Å². The van der Waals surface area contributed by atoms with Gasteiger partial charge in [0.05, 0.1) is 12.1 Å². The van der Waals surface area contributed by atoms with Gasteiger partial charge in [-0.05, 0) is 45.1 Å². The molecule has 0 saturated carbocycles. The molecule has 1 N–H and O–H groups in total. The summed E-state index contributed by atoms with van der Waals surface area (Å²) in [5.74, 6) is 0. The van der Waals surface area contributed by atoms with Crippen LogP contribution in [0.3, 0.4) is 0 Å². The predicted molar refractivity (Wildman–Crippen MR) is 72.7 cm³/mol. The van der Waals surface area contributed by atoms with Crippen molar-refractivity contribution in [2.75, 3.05) is 27.4 Å². The van der Waals surface area contributed by atoms with E-state index in [0.717, 1.165) is 38.8 Å². The van der Waals surface area contributed by atoms with E-state index in [9.17, 15) is 0 Å². The monoisotopic (exact) mass is 259 g/mol. The lowest BCUT2D eigenvalue weighted by Crippen LogP contribution is -2.42. The van der Waals surface area contributed by atoms with Gasteiger partial charge in [0.15, 0.2) is 6.29 Å². The van der Waals surface area contributed by atoms with Crippen molar-refractivity contribution in [3.63, 3.8) is 0 Å². The Morgan fingerprint density at radius 2 is 2.11 bits per heavy atom. The normalized spacial score (nSPS) is 21.7. The van der Waals surface area contributed by atoms with E-state index in [0.29, 0.717) is 6.10 Å². The molecule has 1 aliphatic rings. The van der Waals surface area contributed by atoms with Crippen LogP contribution in [-0.2, 0) is 14.2 Å². The third-order valence-electron chi connectivity index (χ3n) is 3.51. The SMILES string of the molecule is CCCNC(CCCC1CCCO1)C(OC)OC. The van der Waals surface area contributed by atoms with Gasteiger partial charge in [-0.1, -0.05) is 6.92 Å². The highest BCUT2D eigenvalue weighted by atomic mass is 16.7. The van der Waals surface area contributed by atoms with Gasteiger partial charge in [0.25, 0.3) is 0 Å². The van der Waals surface area contributed by atoms with Gasteiger partial charge in [0, 0.05) is 20.8 Å². The molecule has 0 spiro atoms. The van der Waals surface area contributed by atoms with Crippen molar-refractivity contribution >= 4 is 0 Å². The fourth-order valence-corrected chi connectivity index (χ4v) is 2.53. The Morgan fingerprint density at radius 3 is 2.67 bits per heavy atom. The van der Waals surface area contributed by atoms with Crippen molar-refractivity contribution in [1.29, 1.82) is 0 Å². The van der Waals surface area contributed by atoms with Crippen molar-refractivity contribution in [2.24, 2.45) is 0 Å². The summed E-state index contributed by atoms with van der Waals surface area (Å²) in [4.78, 5) is 0. The highest BCUT2D eigenvalue weighted by Gasteiger charge is 2.21. The number of hydrogen-bond acceptors (Lipinski definition) is 4. The summed E-state index contributed by atoms with van der Waals surface area (Å²) in [6, 6.07) is 0.279. The lowest BCUT2D eigenvalue weighted by Gasteiger charge is -2.26. The Bertz CT molecular complexity index is 191. The Hall–Kier alpha value is -0.160. The first-order chi connectivity index (χ1) is 8.81. The van der Waals surface area contributed by atoms with Crippen LogP contribution in [0.15, 0.2) is 0 Å². The molecule has 2 unspecified atom stereocenters. The van der Waals surface area contributed by atoms with Crippen molar-refractivity contribution in [3.8, 4) is 0 Å². The zero-order valence-electron chi connectivity index (χ0n) is 12.1. The molecule has 0 aromatic heterocycles. The third-order valence-corrected chi connectivity index (χ3v) is 3.51. The van der Waals surface area contributed by atoms with E-state index in [4.69, 9.17) is 14.2 Å². The van der Waals surface area contributed by atoms with Crippen LogP contribution in [0.25, 0.3) is 0 Å². The van der Waals surface area contributed by atoms with Gasteiger partial charge in [-0.3, -0.25) is 0 Å². The molecule has 2 atom stereocenters. The molecule has 4 nitrogen and oxygen atoms in total. The molecule has 0 aromatic rings. The molecular formula is C14H29NO3. The van der Waals surface area contributed by atoms with Crippen LogP contribution in [0.1, 0.15) is 45.4 Å². The van der Waals surface area contributed by atoms with E-state index in [1.54, 1.807) is 14.2 Å². The van der Waals surface area contributed by atoms with Crippen LogP contribution in [0, 0.1) is 0 Å². The first-order valence-corrected chi connectivity index (χ1v) is 7.22. The van der Waals surface area contributed by atoms with Crippen molar-refractivity contribution < 1.29 is 14.2 Å². The molecule has 0 amide bonds. The molecule has 1 rings (SSSR count). The van der Waals surface area contributed by atoms with E-state index in [-0.39, 0.29) is 12.3 Å². The second kappa shape index (κ2) is 9.73. The summed E-state index contributed by atoms with van der Waals surface area (Å²) < 4.78 is 16.4. The number of hydrogen-bond donors (Lipinski definition) is 1. The minimum absolute atomic E-state index is 0.152. The second-order valence-corrected chi connectivity index (χ2v) is 4.97. The van der Waals surface area contributed by atoms with Gasteiger partial charge < -0.3 is 19.5 Å². The van der Waals surface area contributed by atoms with Crippen LogP contribution in [0.4, 0.5) is 0 Å². The Morgan fingerprint density at radius 1 is 1.33 bits per heavy atom. The average molecular weight is 259 g/mol. The minimum atomic E-state index is -0.152. The highest BCUT2D eigenvalue weighted by Crippen LogP contribution is 2.19. The van der Waals surface area contributed by atoms with E-state index in [1.807, 2.05) is 0 Å². The van der Waals surface area contributed by atoms with Gasteiger partial charge in [0.1, 0.15) is 0 Å². The Balaban J connectivity index is 2.25. The molecule has 0 bridgehead atoms. The van der Waals surface area contributed by atoms with Gasteiger partial charge in [-0.15, -0.1) is 0 Å². The summed E-state index contributed by atoms with van der Waals surface area (Å²) in [5, 5.41) is 3.51. The van der Waals surface area contributed by atoms with Crippen LogP contribution in [-0.4, -0.2) is 45.8 Å². The van der Waals surface area contributed by atoms with E-state index in [1.165, 1.54) is 12.8 Å². The number of nitrogens with one attached hydrogen (secondary N) is 1. The predicted octanol–water partition coefficient (Wildman–Crippen LogP) is 2.32. The maximum atomic E-state index is 5.65. The average Bonchev–Trinajstić information content (AvgIpc) is 2.89. The van der Waals surface area contributed by atoms with Crippen LogP contribution >= 0.6 is 0 Å². The van der Waals surface area contributed by atoms with Crippen molar-refractivity contribution in [2.45, 2.75) is 63.9 Å². The molecule has 18 heavy (non-hydrogen) atoms. The van der Waals surface area contributed by atoms with Gasteiger partial charge >= 0.3 is 0 Å². The lowest BCUT2D eigenvalue weighted by atomic mass is 10.0. The molecule has 0 aromatic carbocycles. The summed E-state index contributed by atoms with van der Waals surface area (Å²) in [6.45, 7) is 4.12. The van der Waals surface area contributed by atoms with E-state index >= 15 is 0 Å². The zero-order chi connectivity index (χ0) is 13.2. The summed E-state index contributed by atoms with van der Waals surface area (Å²) in [5.41, 5.74) is 0. The van der Waals surface area contributed by atoms with E-state index < -0.39 is 0 Å². The quantitative estimate of drug-likeness (QED) is 0.611. The smallest absolute Gasteiger partial charge is 0.171 e. The molecule has 0 radical (unpaired) electrons. The number of methoxy groups -OCH3 is 2. The van der Waals surface area contributed by atoms with Crippen LogP contribution in [0.2, 0.25) is 0 Å². The molecule has 1 heterocycles. The minimum Gasteiger partial charge on any atom is -0.378 e. The van der Waals surface area contributed by atoms with Gasteiger partial charge in [-0.25, -0.2) is 0 Å². The highest BCUT2D eigenvalue weighted by molar-refractivity contribution is 4.73. The summed E-state index contributed by atoms with van der Waals surface area (Å²) in [6.07, 6.45) is 7.31. The molecule has 0 aliphatic carbocycles. The standard InChI is InChI=1S/C14H29NO3/c1-4-10-15-13(14(16-2)17-3)9-5-7-12-8-6-11-18-12/h12-15H,4-11H2,1-3H3. The van der Waals surface area contributed by atoms with Crippen LogP contribution in [0.5, 0.6) is 0 Å². The topological polar surface area (TPSA) is 39.7 Å². The second-order valence-electron chi connectivity index (χ2n) is 4.97. The summed E-state index contributed by atoms with van der Waals surface area (Å²) >= 11 is 0. The molecule has 108 valence electrons. The van der Waals surface area contributed by atoms with Gasteiger partial charge in [0.2, 0.25) is 0 Å². The first kappa shape index (κ1) is 15.9. The summed E-state index contributed by atoms with van der Waals surface area (Å²) in [7, 11) is 3.41. The zero-order valence-corrected chi connectivity index (χ0v) is 12.1. The number of rotatable bonds is 10. The lowest BCUT2D eigenvalue weighted by molar-refractivity contribution is -0.124. The maximum absolute atomic E-state index is 5.65. The molecule has 4 heteroatoms. The Kier molecular flexibility index (Phi) is 8.59. The van der Waals surface area contributed by atoms with E-state index in [2.05, 4.69) is 12.2 Å². The van der Waals surface area contributed by atoms with Crippen molar-refractivity contribution in [1.82, 2.24) is 5.32 Å². The Labute approximate surface area is 111 Å². The molecule has 1 aliphatic heterocycles. The molecule has 1 fully saturated rings. The fourth-order valence-electron chi connectivity index (χ4n) is 2.53. The van der Waals surface area contributed by atoms with Crippen molar-refractivity contribution in [3.05, 3.63) is 0 Å². The third kappa shape index (κ3) is 5.65. The molecular weight excluding hydrogens is 230 g/mol. The largest absolute Gasteiger partial charge is 0.378 e. The van der Waals surface area contributed by atoms with Crippen LogP contribution < -0.4 is 5.32 Å². The molecule has 1 saturated heterocycles.